The molecule has 0 bridgehead atoms. The van der Waals surface area contributed by atoms with Crippen molar-refractivity contribution in [3.05, 3.63) is 28.2 Å². The van der Waals surface area contributed by atoms with Crippen molar-refractivity contribution < 1.29 is 4.79 Å². The number of hydrogen-bond acceptors (Lipinski definition) is 2. The molecule has 0 aliphatic carbocycles. The minimum atomic E-state index is 0.238. The summed E-state index contributed by atoms with van der Waals surface area (Å²) in [5, 5.41) is 3.31. The fourth-order valence-corrected chi connectivity index (χ4v) is 2.98. The zero-order valence-corrected chi connectivity index (χ0v) is 10.5. The average molecular weight is 281 g/mol. The van der Waals surface area contributed by atoms with E-state index in [9.17, 15) is 4.79 Å². The van der Waals surface area contributed by atoms with Crippen LogP contribution in [0.5, 0.6) is 0 Å². The lowest BCUT2D eigenvalue weighted by Gasteiger charge is -2.24. The maximum Gasteiger partial charge on any atom is 0.231 e. The largest absolute Gasteiger partial charge is 0.315 e. The number of fused-ring (bicyclic) bond motifs is 1. The van der Waals surface area contributed by atoms with Crippen molar-refractivity contribution >= 4 is 27.5 Å². The number of nitrogens with one attached hydrogen (secondary N) is 1. The molecule has 0 spiro atoms. The molecule has 3 rings (SSSR count). The lowest BCUT2D eigenvalue weighted by molar-refractivity contribution is -0.117. The van der Waals surface area contributed by atoms with Gasteiger partial charge < -0.3 is 10.2 Å². The molecule has 1 unspecified atom stereocenters. The maximum atomic E-state index is 12.0. The Labute approximate surface area is 103 Å². The number of hydrogen-bond donors (Lipinski definition) is 1. The summed E-state index contributed by atoms with van der Waals surface area (Å²) in [6.45, 7) is 1.93. The molecule has 0 aromatic heterocycles. The highest BCUT2D eigenvalue weighted by Crippen LogP contribution is 2.33. The van der Waals surface area contributed by atoms with Gasteiger partial charge in [0.25, 0.3) is 0 Å². The van der Waals surface area contributed by atoms with Gasteiger partial charge in [0.15, 0.2) is 0 Å². The monoisotopic (exact) mass is 280 g/mol. The molecule has 3 nitrogen and oxygen atoms in total. The third-order valence-electron chi connectivity index (χ3n) is 3.31. The Bertz CT molecular complexity index is 441. The summed E-state index contributed by atoms with van der Waals surface area (Å²) in [6, 6.07) is 6.44. The number of carbonyl (C=O) groups is 1. The van der Waals surface area contributed by atoms with Gasteiger partial charge in [0.1, 0.15) is 0 Å². The van der Waals surface area contributed by atoms with Gasteiger partial charge in [-0.05, 0) is 36.7 Å². The quantitative estimate of drug-likeness (QED) is 0.849. The van der Waals surface area contributed by atoms with Gasteiger partial charge in [-0.2, -0.15) is 0 Å². The standard InChI is InChI=1S/C12H13BrN2O/c13-9-1-2-11-8(5-9)6-12(16)15(11)10-3-4-14-7-10/h1-2,5,10,14H,3-4,6-7H2. The highest BCUT2D eigenvalue weighted by molar-refractivity contribution is 9.10. The highest BCUT2D eigenvalue weighted by Gasteiger charge is 2.34. The summed E-state index contributed by atoms with van der Waals surface area (Å²) < 4.78 is 1.05. The molecule has 1 saturated heterocycles. The molecule has 84 valence electrons. The topological polar surface area (TPSA) is 32.3 Å². The molecule has 4 heteroatoms. The van der Waals surface area contributed by atoms with E-state index in [2.05, 4.69) is 27.3 Å². The number of anilines is 1. The predicted octanol–water partition coefficient (Wildman–Crippen LogP) is 1.70. The molecule has 16 heavy (non-hydrogen) atoms. The second kappa shape index (κ2) is 3.86. The number of benzene rings is 1. The van der Waals surface area contributed by atoms with Crippen molar-refractivity contribution in [2.75, 3.05) is 18.0 Å². The van der Waals surface area contributed by atoms with Crippen molar-refractivity contribution in [3.8, 4) is 0 Å². The van der Waals surface area contributed by atoms with E-state index in [-0.39, 0.29) is 5.91 Å². The van der Waals surface area contributed by atoms with Crippen LogP contribution in [-0.2, 0) is 11.2 Å². The van der Waals surface area contributed by atoms with Crippen LogP contribution in [0.3, 0.4) is 0 Å². The normalized spacial score (nSPS) is 23.9. The van der Waals surface area contributed by atoms with E-state index in [4.69, 9.17) is 0 Å². The molecule has 2 aliphatic rings. The second-order valence-corrected chi connectivity index (χ2v) is 5.28. The van der Waals surface area contributed by atoms with Crippen LogP contribution in [0.15, 0.2) is 22.7 Å². The van der Waals surface area contributed by atoms with Gasteiger partial charge in [0, 0.05) is 16.7 Å². The lowest BCUT2D eigenvalue weighted by atomic mass is 10.1. The number of amides is 1. The third-order valence-corrected chi connectivity index (χ3v) is 3.80. The Hall–Kier alpha value is -0.870. The fraction of sp³-hybridized carbons (Fsp3) is 0.417. The van der Waals surface area contributed by atoms with Gasteiger partial charge >= 0.3 is 0 Å². The Kier molecular flexibility index (Phi) is 2.48. The Morgan fingerprint density at radius 1 is 1.44 bits per heavy atom. The smallest absolute Gasteiger partial charge is 0.231 e. The van der Waals surface area contributed by atoms with E-state index in [0.717, 1.165) is 35.2 Å². The van der Waals surface area contributed by atoms with Crippen molar-refractivity contribution in [1.29, 1.82) is 0 Å². The molecule has 0 saturated carbocycles. The summed E-state index contributed by atoms with van der Waals surface area (Å²) in [6.07, 6.45) is 1.60. The third kappa shape index (κ3) is 1.57. The minimum Gasteiger partial charge on any atom is -0.315 e. The lowest BCUT2D eigenvalue weighted by Crippen LogP contribution is -2.39. The molecule has 0 radical (unpaired) electrons. The predicted molar refractivity (Wildman–Crippen MR) is 66.6 cm³/mol. The zero-order valence-electron chi connectivity index (χ0n) is 8.87. The number of halogens is 1. The fourth-order valence-electron chi connectivity index (χ4n) is 2.57. The van der Waals surface area contributed by atoms with Crippen LogP contribution in [0.25, 0.3) is 0 Å². The number of rotatable bonds is 1. The molecule has 1 atom stereocenters. The van der Waals surface area contributed by atoms with Gasteiger partial charge in [-0.3, -0.25) is 4.79 Å². The van der Waals surface area contributed by atoms with E-state index < -0.39 is 0 Å². The first-order chi connectivity index (χ1) is 7.75. The summed E-state index contributed by atoms with van der Waals surface area (Å²) in [7, 11) is 0. The number of carbonyl (C=O) groups excluding carboxylic acids is 1. The molecule has 2 aliphatic heterocycles. The van der Waals surface area contributed by atoms with Gasteiger partial charge in [0.2, 0.25) is 5.91 Å². The van der Waals surface area contributed by atoms with Crippen LogP contribution in [0.2, 0.25) is 0 Å². The van der Waals surface area contributed by atoms with Gasteiger partial charge in [-0.1, -0.05) is 15.9 Å². The second-order valence-electron chi connectivity index (χ2n) is 4.36. The Morgan fingerprint density at radius 2 is 2.31 bits per heavy atom. The van der Waals surface area contributed by atoms with Crippen LogP contribution in [0.1, 0.15) is 12.0 Å². The van der Waals surface area contributed by atoms with Gasteiger partial charge in [0.05, 0.1) is 12.5 Å². The molecule has 1 amide bonds. The number of nitrogens with zero attached hydrogens (tertiary/aromatic N) is 1. The first-order valence-electron chi connectivity index (χ1n) is 5.57. The Balaban J connectivity index is 1.98. The molecular weight excluding hydrogens is 268 g/mol. The van der Waals surface area contributed by atoms with Crippen LogP contribution < -0.4 is 10.2 Å². The molecular formula is C12H13BrN2O. The van der Waals surface area contributed by atoms with E-state index in [1.807, 2.05) is 17.0 Å². The Morgan fingerprint density at radius 3 is 3.06 bits per heavy atom. The van der Waals surface area contributed by atoms with Gasteiger partial charge in [-0.15, -0.1) is 0 Å². The molecule has 1 fully saturated rings. The maximum absolute atomic E-state index is 12.0. The molecule has 1 aromatic carbocycles. The van der Waals surface area contributed by atoms with E-state index in [1.54, 1.807) is 0 Å². The average Bonchev–Trinajstić information content (AvgIpc) is 2.83. The molecule has 2 heterocycles. The van der Waals surface area contributed by atoms with E-state index in [1.165, 1.54) is 0 Å². The highest BCUT2D eigenvalue weighted by atomic mass is 79.9. The van der Waals surface area contributed by atoms with Crippen LogP contribution in [-0.4, -0.2) is 25.0 Å². The summed E-state index contributed by atoms with van der Waals surface area (Å²) in [5.74, 6) is 0.238. The van der Waals surface area contributed by atoms with Crippen molar-refractivity contribution in [3.63, 3.8) is 0 Å². The van der Waals surface area contributed by atoms with E-state index in [0.29, 0.717) is 12.5 Å². The summed E-state index contributed by atoms with van der Waals surface area (Å²) in [5.41, 5.74) is 2.24. The summed E-state index contributed by atoms with van der Waals surface area (Å²) >= 11 is 3.45. The van der Waals surface area contributed by atoms with Crippen molar-refractivity contribution in [1.82, 2.24) is 5.32 Å². The zero-order chi connectivity index (χ0) is 11.1. The molecule has 1 aromatic rings. The SMILES string of the molecule is O=C1Cc2cc(Br)ccc2N1C1CCNC1. The first-order valence-corrected chi connectivity index (χ1v) is 6.36. The van der Waals surface area contributed by atoms with Crippen LogP contribution in [0, 0.1) is 0 Å². The summed E-state index contributed by atoms with van der Waals surface area (Å²) in [4.78, 5) is 14.0. The van der Waals surface area contributed by atoms with E-state index >= 15 is 0 Å². The van der Waals surface area contributed by atoms with Crippen LogP contribution >= 0.6 is 15.9 Å². The van der Waals surface area contributed by atoms with Crippen LogP contribution in [0.4, 0.5) is 5.69 Å². The molecule has 1 N–H and O–H groups in total. The van der Waals surface area contributed by atoms with Gasteiger partial charge in [-0.25, -0.2) is 0 Å². The van der Waals surface area contributed by atoms with Crippen molar-refractivity contribution in [2.45, 2.75) is 18.9 Å². The minimum absolute atomic E-state index is 0.238. The first kappa shape index (κ1) is 10.3. The van der Waals surface area contributed by atoms with Crippen molar-refractivity contribution in [2.24, 2.45) is 0 Å².